The van der Waals surface area contributed by atoms with E-state index in [4.69, 9.17) is 0 Å². The van der Waals surface area contributed by atoms with Gasteiger partial charge in [0.2, 0.25) is 0 Å². The summed E-state index contributed by atoms with van der Waals surface area (Å²) in [5.41, 5.74) is 1.32. The number of hydrogen-bond acceptors (Lipinski definition) is 4. The minimum Gasteiger partial charge on any atom is -0.369 e. The molecular formula is C13H20N4. The molecule has 4 nitrogen and oxygen atoms in total. The summed E-state index contributed by atoms with van der Waals surface area (Å²) in [6, 6.07) is 4.38. The third-order valence-corrected chi connectivity index (χ3v) is 3.64. The fraction of sp³-hybridized carbons (Fsp3) is 0.615. The summed E-state index contributed by atoms with van der Waals surface area (Å²) in [4.78, 5) is 9.34. The van der Waals surface area contributed by atoms with Gasteiger partial charge < -0.3 is 15.1 Å². The van der Waals surface area contributed by atoms with Crippen LogP contribution in [0.15, 0.2) is 18.3 Å². The lowest BCUT2D eigenvalue weighted by Crippen LogP contribution is -2.43. The van der Waals surface area contributed by atoms with Crippen LogP contribution in [0.3, 0.4) is 0 Å². The predicted octanol–water partition coefficient (Wildman–Crippen LogP) is 1.09. The summed E-state index contributed by atoms with van der Waals surface area (Å²) in [7, 11) is 0. The zero-order valence-corrected chi connectivity index (χ0v) is 10.2. The Hall–Kier alpha value is -1.29. The van der Waals surface area contributed by atoms with Crippen LogP contribution < -0.4 is 15.1 Å². The van der Waals surface area contributed by atoms with Crippen molar-refractivity contribution in [3.05, 3.63) is 18.3 Å². The van der Waals surface area contributed by atoms with E-state index in [1.807, 2.05) is 6.20 Å². The molecule has 3 rings (SSSR count). The summed E-state index contributed by atoms with van der Waals surface area (Å²) >= 11 is 0. The van der Waals surface area contributed by atoms with E-state index in [1.54, 1.807) is 0 Å². The summed E-state index contributed by atoms with van der Waals surface area (Å²) in [5, 5.41) is 3.39. The van der Waals surface area contributed by atoms with Crippen molar-refractivity contribution < 1.29 is 0 Å². The molecule has 2 aliphatic heterocycles. The Bertz CT molecular complexity index is 367. The van der Waals surface area contributed by atoms with Gasteiger partial charge in [0.1, 0.15) is 5.82 Å². The van der Waals surface area contributed by atoms with Gasteiger partial charge in [0.05, 0.1) is 0 Å². The van der Waals surface area contributed by atoms with E-state index in [0.717, 1.165) is 45.1 Å². The molecule has 0 saturated carbocycles. The number of nitrogens with one attached hydrogen (secondary N) is 1. The van der Waals surface area contributed by atoms with E-state index in [-0.39, 0.29) is 0 Å². The molecule has 2 aliphatic rings. The highest BCUT2D eigenvalue weighted by Crippen LogP contribution is 2.23. The second-order valence-corrected chi connectivity index (χ2v) is 4.80. The molecule has 2 saturated heterocycles. The molecule has 3 heterocycles. The first-order valence-corrected chi connectivity index (χ1v) is 6.60. The smallest absolute Gasteiger partial charge is 0.130 e. The quantitative estimate of drug-likeness (QED) is 0.827. The first kappa shape index (κ1) is 10.8. The van der Waals surface area contributed by atoms with Crippen molar-refractivity contribution in [1.82, 2.24) is 10.3 Å². The van der Waals surface area contributed by atoms with Gasteiger partial charge in [0, 0.05) is 57.2 Å². The maximum absolute atomic E-state index is 4.50. The number of rotatable bonds is 2. The second-order valence-electron chi connectivity index (χ2n) is 4.80. The fourth-order valence-electron chi connectivity index (χ4n) is 2.65. The van der Waals surface area contributed by atoms with Gasteiger partial charge >= 0.3 is 0 Å². The Morgan fingerprint density at radius 3 is 2.53 bits per heavy atom. The highest BCUT2D eigenvalue weighted by Gasteiger charge is 2.16. The van der Waals surface area contributed by atoms with Gasteiger partial charge in [-0.3, -0.25) is 0 Å². The lowest BCUT2D eigenvalue weighted by atomic mass is 10.3. The van der Waals surface area contributed by atoms with Crippen molar-refractivity contribution in [1.29, 1.82) is 0 Å². The van der Waals surface area contributed by atoms with Gasteiger partial charge in [-0.25, -0.2) is 4.98 Å². The number of pyridine rings is 1. The Balaban J connectivity index is 1.77. The largest absolute Gasteiger partial charge is 0.369 e. The van der Waals surface area contributed by atoms with E-state index < -0.39 is 0 Å². The normalized spacial score (nSPS) is 20.9. The predicted molar refractivity (Wildman–Crippen MR) is 70.8 cm³/mol. The van der Waals surface area contributed by atoms with Crippen molar-refractivity contribution in [2.75, 3.05) is 49.1 Å². The van der Waals surface area contributed by atoms with Gasteiger partial charge in [0.25, 0.3) is 0 Å². The van der Waals surface area contributed by atoms with Crippen LogP contribution in [0.25, 0.3) is 0 Å². The number of nitrogens with zero attached hydrogens (tertiary/aromatic N) is 3. The Morgan fingerprint density at radius 1 is 1.00 bits per heavy atom. The van der Waals surface area contributed by atoms with Crippen LogP contribution in [0.4, 0.5) is 11.5 Å². The number of piperazine rings is 1. The van der Waals surface area contributed by atoms with E-state index in [9.17, 15) is 0 Å². The molecule has 0 aromatic carbocycles. The minimum atomic E-state index is 1.08. The average Bonchev–Trinajstić information content (AvgIpc) is 2.94. The molecule has 0 spiro atoms. The minimum absolute atomic E-state index is 1.08. The SMILES string of the molecule is c1cc(N2CCNCC2)cc(N2CCCC2)n1. The van der Waals surface area contributed by atoms with Crippen molar-refractivity contribution >= 4 is 11.5 Å². The Kier molecular flexibility index (Phi) is 3.14. The third kappa shape index (κ3) is 2.36. The molecular weight excluding hydrogens is 212 g/mol. The molecule has 1 N–H and O–H groups in total. The molecule has 0 aliphatic carbocycles. The van der Waals surface area contributed by atoms with E-state index in [2.05, 4.69) is 32.2 Å². The van der Waals surface area contributed by atoms with Crippen molar-refractivity contribution in [3.8, 4) is 0 Å². The van der Waals surface area contributed by atoms with E-state index >= 15 is 0 Å². The summed E-state index contributed by atoms with van der Waals surface area (Å²) in [5.74, 6) is 1.15. The lowest BCUT2D eigenvalue weighted by molar-refractivity contribution is 0.589. The number of hydrogen-bond donors (Lipinski definition) is 1. The van der Waals surface area contributed by atoms with Crippen LogP contribution in [0.2, 0.25) is 0 Å². The molecule has 92 valence electrons. The molecule has 2 fully saturated rings. The monoisotopic (exact) mass is 232 g/mol. The maximum atomic E-state index is 4.50. The molecule has 0 amide bonds. The van der Waals surface area contributed by atoms with Crippen LogP contribution in [0.1, 0.15) is 12.8 Å². The molecule has 17 heavy (non-hydrogen) atoms. The van der Waals surface area contributed by atoms with Crippen LogP contribution in [-0.2, 0) is 0 Å². The zero-order valence-electron chi connectivity index (χ0n) is 10.2. The maximum Gasteiger partial charge on any atom is 0.130 e. The fourth-order valence-corrected chi connectivity index (χ4v) is 2.65. The first-order valence-electron chi connectivity index (χ1n) is 6.60. The Labute approximate surface area is 103 Å². The molecule has 0 atom stereocenters. The van der Waals surface area contributed by atoms with Crippen LogP contribution in [0.5, 0.6) is 0 Å². The van der Waals surface area contributed by atoms with Gasteiger partial charge in [-0.15, -0.1) is 0 Å². The molecule has 0 radical (unpaired) electrons. The van der Waals surface area contributed by atoms with Gasteiger partial charge in [-0.2, -0.15) is 0 Å². The van der Waals surface area contributed by atoms with E-state index in [1.165, 1.54) is 18.5 Å². The summed E-state index contributed by atoms with van der Waals surface area (Å²) < 4.78 is 0. The average molecular weight is 232 g/mol. The van der Waals surface area contributed by atoms with Crippen molar-refractivity contribution in [2.24, 2.45) is 0 Å². The summed E-state index contributed by atoms with van der Waals surface area (Å²) in [6.07, 6.45) is 4.56. The van der Waals surface area contributed by atoms with Gasteiger partial charge in [0.15, 0.2) is 0 Å². The molecule has 1 aromatic rings. The van der Waals surface area contributed by atoms with Crippen molar-refractivity contribution in [2.45, 2.75) is 12.8 Å². The molecule has 0 bridgehead atoms. The lowest BCUT2D eigenvalue weighted by Gasteiger charge is -2.30. The highest BCUT2D eigenvalue weighted by atomic mass is 15.2. The second kappa shape index (κ2) is 4.92. The standard InChI is InChI=1S/C13H20N4/c1-2-8-17(7-1)13-11-12(3-4-15-13)16-9-5-14-6-10-16/h3-4,11,14H,1-2,5-10H2. The zero-order chi connectivity index (χ0) is 11.5. The first-order chi connectivity index (χ1) is 8.43. The van der Waals surface area contributed by atoms with Crippen LogP contribution in [-0.4, -0.2) is 44.3 Å². The van der Waals surface area contributed by atoms with Crippen LogP contribution in [0, 0.1) is 0 Å². The number of anilines is 2. The van der Waals surface area contributed by atoms with Crippen LogP contribution >= 0.6 is 0 Å². The molecule has 0 unspecified atom stereocenters. The molecule has 1 aromatic heterocycles. The van der Waals surface area contributed by atoms with Gasteiger partial charge in [-0.05, 0) is 18.9 Å². The van der Waals surface area contributed by atoms with Crippen molar-refractivity contribution in [3.63, 3.8) is 0 Å². The van der Waals surface area contributed by atoms with E-state index in [0.29, 0.717) is 0 Å². The highest BCUT2D eigenvalue weighted by molar-refractivity contribution is 5.55. The molecule has 4 heteroatoms. The summed E-state index contributed by atoms with van der Waals surface area (Å²) in [6.45, 7) is 6.70. The Morgan fingerprint density at radius 2 is 1.76 bits per heavy atom. The number of aromatic nitrogens is 1. The van der Waals surface area contributed by atoms with Gasteiger partial charge in [-0.1, -0.05) is 0 Å². The topological polar surface area (TPSA) is 31.4 Å². The third-order valence-electron chi connectivity index (χ3n) is 3.64.